The number of hydrogen-bond acceptors (Lipinski definition) is 6. The standard InChI is InChI=1S/C20H25N3O4/c1-5-27-20-21-12(4)15-10-23(7-6-16(15)22-20)19(26)14-8-13(11(2)3)17(24)9-18(14)25/h8-9,11,24-25H,5-7,10H2,1-4H3. The summed E-state index contributed by atoms with van der Waals surface area (Å²) in [6.45, 7) is 8.98. The first-order valence-corrected chi connectivity index (χ1v) is 9.16. The zero-order chi connectivity index (χ0) is 19.7. The lowest BCUT2D eigenvalue weighted by molar-refractivity contribution is 0.0729. The quantitative estimate of drug-likeness (QED) is 0.858. The van der Waals surface area contributed by atoms with Crippen molar-refractivity contribution in [1.82, 2.24) is 14.9 Å². The number of hydrogen-bond donors (Lipinski definition) is 2. The number of ether oxygens (including phenoxy) is 1. The number of rotatable bonds is 4. The van der Waals surface area contributed by atoms with Crippen LogP contribution in [0.3, 0.4) is 0 Å². The largest absolute Gasteiger partial charge is 0.508 e. The van der Waals surface area contributed by atoms with Crippen LogP contribution < -0.4 is 4.74 Å². The van der Waals surface area contributed by atoms with Gasteiger partial charge in [0.05, 0.1) is 17.9 Å². The minimum atomic E-state index is -0.270. The maximum Gasteiger partial charge on any atom is 0.316 e. The van der Waals surface area contributed by atoms with Gasteiger partial charge in [-0.1, -0.05) is 13.8 Å². The normalized spacial score (nSPS) is 13.6. The Morgan fingerprint density at radius 1 is 1.26 bits per heavy atom. The minimum absolute atomic E-state index is 0.00395. The third-order valence-electron chi connectivity index (χ3n) is 4.80. The van der Waals surface area contributed by atoms with Crippen LogP contribution in [0, 0.1) is 6.92 Å². The molecule has 0 spiro atoms. The Kier molecular flexibility index (Phi) is 5.21. The number of carbonyl (C=O) groups is 1. The highest BCUT2D eigenvalue weighted by atomic mass is 16.5. The summed E-state index contributed by atoms with van der Waals surface area (Å²) in [4.78, 5) is 23.5. The van der Waals surface area contributed by atoms with Crippen LogP contribution in [-0.2, 0) is 13.0 Å². The second-order valence-electron chi connectivity index (χ2n) is 7.01. The van der Waals surface area contributed by atoms with Gasteiger partial charge in [-0.2, -0.15) is 4.98 Å². The fourth-order valence-electron chi connectivity index (χ4n) is 3.32. The van der Waals surface area contributed by atoms with E-state index in [9.17, 15) is 15.0 Å². The predicted octanol–water partition coefficient (Wildman–Crippen LogP) is 2.92. The summed E-state index contributed by atoms with van der Waals surface area (Å²) < 4.78 is 5.40. The number of fused-ring (bicyclic) bond motifs is 1. The van der Waals surface area contributed by atoms with Gasteiger partial charge in [-0.3, -0.25) is 4.79 Å². The first-order valence-electron chi connectivity index (χ1n) is 9.16. The number of nitrogens with zero attached hydrogens (tertiary/aromatic N) is 3. The average molecular weight is 371 g/mol. The Bertz CT molecular complexity index is 880. The summed E-state index contributed by atoms with van der Waals surface area (Å²) in [5.41, 5.74) is 3.44. The molecule has 1 aromatic carbocycles. The lowest BCUT2D eigenvalue weighted by Gasteiger charge is -2.29. The second kappa shape index (κ2) is 7.42. The number of carbonyl (C=O) groups excluding carboxylic acids is 1. The van der Waals surface area contributed by atoms with E-state index in [-0.39, 0.29) is 28.9 Å². The molecule has 27 heavy (non-hydrogen) atoms. The number of amides is 1. The summed E-state index contributed by atoms with van der Waals surface area (Å²) >= 11 is 0. The molecule has 0 radical (unpaired) electrons. The van der Waals surface area contributed by atoms with Crippen molar-refractivity contribution in [3.8, 4) is 17.5 Å². The lowest BCUT2D eigenvalue weighted by Crippen LogP contribution is -2.37. The fraction of sp³-hybridized carbons (Fsp3) is 0.450. The maximum atomic E-state index is 13.0. The highest BCUT2D eigenvalue weighted by Crippen LogP contribution is 2.33. The van der Waals surface area contributed by atoms with Gasteiger partial charge in [-0.05, 0) is 31.4 Å². The first kappa shape index (κ1) is 18.9. The average Bonchev–Trinajstić information content (AvgIpc) is 2.61. The Balaban J connectivity index is 1.89. The molecule has 144 valence electrons. The van der Waals surface area contributed by atoms with Gasteiger partial charge in [0.15, 0.2) is 0 Å². The SMILES string of the molecule is CCOc1nc(C)c2c(n1)CCN(C(=O)c1cc(C(C)C)c(O)cc1O)C2. The molecule has 0 aliphatic carbocycles. The zero-order valence-corrected chi connectivity index (χ0v) is 16.1. The number of phenolic OH excluding ortho intramolecular Hbond substituents is 2. The van der Waals surface area contributed by atoms with E-state index in [0.29, 0.717) is 37.7 Å². The van der Waals surface area contributed by atoms with Gasteiger partial charge in [0.25, 0.3) is 5.91 Å². The Labute approximate surface area is 158 Å². The molecule has 1 aromatic heterocycles. The number of phenols is 2. The van der Waals surface area contributed by atoms with E-state index in [1.54, 1.807) is 11.0 Å². The summed E-state index contributed by atoms with van der Waals surface area (Å²) in [6.07, 6.45) is 0.598. The van der Waals surface area contributed by atoms with Crippen LogP contribution in [0.5, 0.6) is 17.5 Å². The number of aryl methyl sites for hydroxylation is 1. The molecule has 0 bridgehead atoms. The first-order chi connectivity index (χ1) is 12.8. The zero-order valence-electron chi connectivity index (χ0n) is 16.1. The molecule has 0 saturated heterocycles. The van der Waals surface area contributed by atoms with E-state index in [0.717, 1.165) is 17.0 Å². The smallest absolute Gasteiger partial charge is 0.316 e. The van der Waals surface area contributed by atoms with Crippen molar-refractivity contribution in [3.63, 3.8) is 0 Å². The molecule has 7 nitrogen and oxygen atoms in total. The molecule has 1 aliphatic rings. The van der Waals surface area contributed by atoms with E-state index >= 15 is 0 Å². The lowest BCUT2D eigenvalue weighted by atomic mass is 9.97. The van der Waals surface area contributed by atoms with Crippen molar-refractivity contribution in [1.29, 1.82) is 0 Å². The molecule has 2 N–H and O–H groups in total. The van der Waals surface area contributed by atoms with Crippen LogP contribution in [-0.4, -0.2) is 44.1 Å². The van der Waals surface area contributed by atoms with E-state index in [2.05, 4.69) is 9.97 Å². The van der Waals surface area contributed by atoms with Gasteiger partial charge in [-0.15, -0.1) is 0 Å². The number of aromatic nitrogens is 2. The molecule has 0 saturated carbocycles. The molecule has 0 fully saturated rings. The Hall–Kier alpha value is -2.83. The molecule has 2 aromatic rings. The molecule has 0 atom stereocenters. The highest BCUT2D eigenvalue weighted by molar-refractivity contribution is 5.97. The van der Waals surface area contributed by atoms with E-state index < -0.39 is 0 Å². The minimum Gasteiger partial charge on any atom is -0.508 e. The summed E-state index contributed by atoms with van der Waals surface area (Å²) in [6, 6.07) is 3.18. The molecule has 3 rings (SSSR count). The second-order valence-corrected chi connectivity index (χ2v) is 7.01. The molecule has 2 heterocycles. The van der Waals surface area contributed by atoms with E-state index in [1.807, 2.05) is 27.7 Å². The van der Waals surface area contributed by atoms with E-state index in [4.69, 9.17) is 4.74 Å². The van der Waals surface area contributed by atoms with Crippen molar-refractivity contribution >= 4 is 5.91 Å². The van der Waals surface area contributed by atoms with Crippen molar-refractivity contribution in [2.45, 2.75) is 46.6 Å². The maximum absolute atomic E-state index is 13.0. The van der Waals surface area contributed by atoms with Crippen LogP contribution in [0.2, 0.25) is 0 Å². The van der Waals surface area contributed by atoms with E-state index in [1.165, 1.54) is 6.07 Å². The number of aromatic hydroxyl groups is 2. The summed E-state index contributed by atoms with van der Waals surface area (Å²) in [5, 5.41) is 20.2. The summed E-state index contributed by atoms with van der Waals surface area (Å²) in [5.74, 6) is -0.455. The highest BCUT2D eigenvalue weighted by Gasteiger charge is 2.27. The van der Waals surface area contributed by atoms with Crippen LogP contribution in [0.15, 0.2) is 12.1 Å². The third kappa shape index (κ3) is 3.67. The Morgan fingerprint density at radius 3 is 2.67 bits per heavy atom. The van der Waals surface area contributed by atoms with Crippen molar-refractivity contribution in [2.75, 3.05) is 13.2 Å². The molecule has 0 unspecified atom stereocenters. The molecular formula is C20H25N3O4. The van der Waals surface area contributed by atoms with Gasteiger partial charge in [0.1, 0.15) is 11.5 Å². The van der Waals surface area contributed by atoms with Crippen LogP contribution in [0.4, 0.5) is 0 Å². The molecular weight excluding hydrogens is 346 g/mol. The van der Waals surface area contributed by atoms with Crippen molar-refractivity contribution < 1.29 is 19.7 Å². The van der Waals surface area contributed by atoms with Gasteiger partial charge in [0, 0.05) is 36.8 Å². The number of benzene rings is 1. The van der Waals surface area contributed by atoms with Gasteiger partial charge in [-0.25, -0.2) is 4.98 Å². The summed E-state index contributed by atoms with van der Waals surface area (Å²) in [7, 11) is 0. The molecule has 7 heteroatoms. The predicted molar refractivity (Wildman–Crippen MR) is 100 cm³/mol. The topological polar surface area (TPSA) is 95.8 Å². The third-order valence-corrected chi connectivity index (χ3v) is 4.80. The van der Waals surface area contributed by atoms with Crippen LogP contribution in [0.1, 0.15) is 59.6 Å². The van der Waals surface area contributed by atoms with Crippen LogP contribution in [0.25, 0.3) is 0 Å². The molecule has 1 aliphatic heterocycles. The van der Waals surface area contributed by atoms with Crippen molar-refractivity contribution in [2.24, 2.45) is 0 Å². The van der Waals surface area contributed by atoms with Crippen molar-refractivity contribution in [3.05, 3.63) is 40.2 Å². The van der Waals surface area contributed by atoms with Gasteiger partial charge >= 0.3 is 6.01 Å². The van der Waals surface area contributed by atoms with Gasteiger partial charge < -0.3 is 19.8 Å². The van der Waals surface area contributed by atoms with Crippen LogP contribution >= 0.6 is 0 Å². The molecule has 1 amide bonds. The monoisotopic (exact) mass is 371 g/mol. The fourth-order valence-corrected chi connectivity index (χ4v) is 3.32. The Morgan fingerprint density at radius 2 is 2.00 bits per heavy atom. The van der Waals surface area contributed by atoms with Gasteiger partial charge in [0.2, 0.25) is 0 Å².